The van der Waals surface area contributed by atoms with Crippen LogP contribution in [-0.2, 0) is 4.74 Å². The Morgan fingerprint density at radius 3 is 3.00 bits per heavy atom. The fourth-order valence-electron chi connectivity index (χ4n) is 3.50. The predicted octanol–water partition coefficient (Wildman–Crippen LogP) is 2.68. The number of benzene rings is 1. The van der Waals surface area contributed by atoms with Gasteiger partial charge >= 0.3 is 0 Å². The van der Waals surface area contributed by atoms with Gasteiger partial charge in [0.1, 0.15) is 11.6 Å². The van der Waals surface area contributed by atoms with E-state index >= 15 is 0 Å². The number of nitrogens with zero attached hydrogens (tertiary/aromatic N) is 4. The maximum absolute atomic E-state index is 11.4. The van der Waals surface area contributed by atoms with Crippen molar-refractivity contribution in [3.8, 4) is 21.9 Å². The minimum Gasteiger partial charge on any atom is -0.488 e. The maximum atomic E-state index is 11.4. The molecule has 0 unspecified atom stereocenters. The van der Waals surface area contributed by atoms with E-state index in [4.69, 9.17) is 9.47 Å². The molecule has 0 spiro atoms. The summed E-state index contributed by atoms with van der Waals surface area (Å²) in [7, 11) is 1.70. The number of fused-ring (bicyclic) bond motifs is 2. The molecule has 1 aliphatic heterocycles. The largest absolute Gasteiger partial charge is 0.488 e. The molecule has 0 bridgehead atoms. The van der Waals surface area contributed by atoms with E-state index in [2.05, 4.69) is 25.4 Å². The third-order valence-corrected chi connectivity index (χ3v) is 5.74. The van der Waals surface area contributed by atoms with Gasteiger partial charge in [-0.25, -0.2) is 9.67 Å². The molecule has 29 heavy (non-hydrogen) atoms. The molecule has 9 heteroatoms. The zero-order valence-electron chi connectivity index (χ0n) is 15.8. The van der Waals surface area contributed by atoms with Gasteiger partial charge in [-0.2, -0.15) is 5.10 Å². The highest BCUT2D eigenvalue weighted by atomic mass is 32.1. The van der Waals surface area contributed by atoms with Gasteiger partial charge in [0, 0.05) is 36.9 Å². The first-order valence-electron chi connectivity index (χ1n) is 9.27. The van der Waals surface area contributed by atoms with Gasteiger partial charge in [-0.15, -0.1) is 0 Å². The van der Waals surface area contributed by atoms with E-state index in [0.29, 0.717) is 13.2 Å². The Labute approximate surface area is 170 Å². The number of H-pyrrole nitrogens is 1. The molecule has 0 saturated heterocycles. The lowest BCUT2D eigenvalue weighted by Gasteiger charge is -2.30. The van der Waals surface area contributed by atoms with Gasteiger partial charge in [-0.05, 0) is 35.3 Å². The first-order valence-corrected chi connectivity index (χ1v) is 10.1. The molecule has 0 atom stereocenters. The Morgan fingerprint density at radius 2 is 2.17 bits per heavy atom. The summed E-state index contributed by atoms with van der Waals surface area (Å²) in [5.74, 6) is 1.64. The highest BCUT2D eigenvalue weighted by molar-refractivity contribution is 7.08. The van der Waals surface area contributed by atoms with Crippen LogP contribution in [0.2, 0.25) is 0 Å². The lowest BCUT2D eigenvalue weighted by Crippen LogP contribution is -2.35. The van der Waals surface area contributed by atoms with Crippen molar-refractivity contribution in [2.45, 2.75) is 0 Å². The number of pyridine rings is 1. The van der Waals surface area contributed by atoms with E-state index in [1.807, 2.05) is 24.4 Å². The van der Waals surface area contributed by atoms with E-state index in [0.717, 1.165) is 51.7 Å². The summed E-state index contributed by atoms with van der Waals surface area (Å²) >= 11 is 1.27. The number of methoxy groups -OCH3 is 1. The second-order valence-corrected chi connectivity index (χ2v) is 7.58. The summed E-state index contributed by atoms with van der Waals surface area (Å²) in [5.41, 5.74) is 2.84. The Balaban J connectivity index is 1.49. The van der Waals surface area contributed by atoms with Crippen molar-refractivity contribution in [1.82, 2.24) is 19.1 Å². The second-order valence-electron chi connectivity index (χ2n) is 6.75. The average Bonchev–Trinajstić information content (AvgIpc) is 3.37. The smallest absolute Gasteiger partial charge is 0.260 e. The number of hydrogen-bond acceptors (Lipinski definition) is 7. The van der Waals surface area contributed by atoms with Crippen LogP contribution in [0.3, 0.4) is 0 Å². The maximum Gasteiger partial charge on any atom is 0.260 e. The summed E-state index contributed by atoms with van der Waals surface area (Å²) in [6.45, 7) is 2.88. The monoisotopic (exact) mass is 409 g/mol. The van der Waals surface area contributed by atoms with Crippen molar-refractivity contribution < 1.29 is 9.47 Å². The molecule has 148 valence electrons. The number of hydrogen-bond donors (Lipinski definition) is 1. The normalized spacial score (nSPS) is 13.5. The lowest BCUT2D eigenvalue weighted by molar-refractivity contribution is 0.201. The van der Waals surface area contributed by atoms with Crippen LogP contribution in [-0.4, -0.2) is 52.6 Å². The highest BCUT2D eigenvalue weighted by Gasteiger charge is 2.20. The van der Waals surface area contributed by atoms with Gasteiger partial charge in [0.25, 0.3) is 5.56 Å². The molecule has 5 rings (SSSR count). The lowest BCUT2D eigenvalue weighted by atomic mass is 10.1. The molecule has 3 aromatic heterocycles. The third kappa shape index (κ3) is 3.28. The number of aromatic nitrogens is 4. The zero-order chi connectivity index (χ0) is 19.8. The third-order valence-electron chi connectivity index (χ3n) is 4.94. The van der Waals surface area contributed by atoms with Gasteiger partial charge in [-0.1, -0.05) is 6.07 Å². The number of rotatable bonds is 5. The highest BCUT2D eigenvalue weighted by Crippen LogP contribution is 2.34. The fourth-order valence-corrected chi connectivity index (χ4v) is 4.16. The molecule has 0 radical (unpaired) electrons. The van der Waals surface area contributed by atoms with Gasteiger partial charge in [-0.3, -0.25) is 9.17 Å². The Hall–Kier alpha value is -3.17. The number of ether oxygens (including phenoxy) is 2. The van der Waals surface area contributed by atoms with Gasteiger partial charge in [0.05, 0.1) is 24.9 Å². The molecule has 0 aliphatic carbocycles. The number of aromatic amines is 1. The predicted molar refractivity (Wildman–Crippen MR) is 112 cm³/mol. The first kappa shape index (κ1) is 17.9. The molecular weight excluding hydrogens is 390 g/mol. The molecular formula is C20H19N5O3S. The second kappa shape index (κ2) is 7.34. The van der Waals surface area contributed by atoms with E-state index in [1.54, 1.807) is 24.1 Å². The molecule has 0 saturated carbocycles. The number of anilines is 1. The van der Waals surface area contributed by atoms with Crippen LogP contribution in [0.1, 0.15) is 0 Å². The Bertz CT molecular complexity index is 1230. The first-order chi connectivity index (χ1) is 14.2. The summed E-state index contributed by atoms with van der Waals surface area (Å²) in [6.07, 6.45) is 3.68. The van der Waals surface area contributed by atoms with E-state index in [9.17, 15) is 4.79 Å². The molecule has 1 N–H and O–H groups in total. The summed E-state index contributed by atoms with van der Waals surface area (Å²) in [4.78, 5) is 18.3. The van der Waals surface area contributed by atoms with Crippen molar-refractivity contribution in [3.05, 3.63) is 53.1 Å². The van der Waals surface area contributed by atoms with Gasteiger partial charge < -0.3 is 14.4 Å². The molecule has 1 aromatic carbocycles. The van der Waals surface area contributed by atoms with Crippen LogP contribution in [0.25, 0.3) is 27.0 Å². The minimum absolute atomic E-state index is 0.120. The van der Waals surface area contributed by atoms with E-state index in [-0.39, 0.29) is 5.56 Å². The topological polar surface area (TPSA) is 85.3 Å². The summed E-state index contributed by atoms with van der Waals surface area (Å²) < 4.78 is 15.5. The molecule has 4 heterocycles. The standard InChI is InChI=1S/C20H19N5O3S/c1-27-6-4-24-5-7-28-17-9-14(11-21-20(17)24)13-2-3-16-15(8-13)12-22-25(16)19-10-18(26)23-29-19/h2-3,8-12H,4-7H2,1H3,(H,23,26). The zero-order valence-corrected chi connectivity index (χ0v) is 16.6. The van der Waals surface area contributed by atoms with Crippen molar-refractivity contribution >= 4 is 28.3 Å². The van der Waals surface area contributed by atoms with Crippen molar-refractivity contribution in [2.24, 2.45) is 0 Å². The fraction of sp³-hybridized carbons (Fsp3) is 0.250. The van der Waals surface area contributed by atoms with Crippen LogP contribution in [0.15, 0.2) is 47.5 Å². The van der Waals surface area contributed by atoms with E-state index in [1.165, 1.54) is 11.5 Å². The van der Waals surface area contributed by atoms with Crippen LogP contribution in [0, 0.1) is 0 Å². The van der Waals surface area contributed by atoms with Crippen molar-refractivity contribution in [1.29, 1.82) is 0 Å². The van der Waals surface area contributed by atoms with E-state index < -0.39 is 0 Å². The summed E-state index contributed by atoms with van der Waals surface area (Å²) in [6, 6.07) is 9.69. The quantitative estimate of drug-likeness (QED) is 0.546. The van der Waals surface area contributed by atoms with Crippen LogP contribution in [0.4, 0.5) is 5.82 Å². The Morgan fingerprint density at radius 1 is 1.24 bits per heavy atom. The van der Waals surface area contributed by atoms with Gasteiger partial charge in [0.2, 0.25) is 0 Å². The molecule has 0 fully saturated rings. The Kier molecular flexibility index (Phi) is 4.53. The molecule has 8 nitrogen and oxygen atoms in total. The SMILES string of the molecule is COCCN1CCOc2cc(-c3ccc4c(cnn4-c4cc(=O)[nH]s4)c3)cnc21. The minimum atomic E-state index is -0.120. The average molecular weight is 409 g/mol. The van der Waals surface area contributed by atoms with Crippen LogP contribution >= 0.6 is 11.5 Å². The molecule has 4 aromatic rings. The van der Waals surface area contributed by atoms with Crippen molar-refractivity contribution in [3.63, 3.8) is 0 Å². The van der Waals surface area contributed by atoms with Crippen LogP contribution < -0.4 is 15.2 Å². The summed E-state index contributed by atoms with van der Waals surface area (Å²) in [5, 5.41) is 6.18. The van der Waals surface area contributed by atoms with Gasteiger partial charge in [0.15, 0.2) is 11.6 Å². The molecule has 1 aliphatic rings. The molecule has 0 amide bonds. The number of nitrogens with one attached hydrogen (secondary N) is 1. The van der Waals surface area contributed by atoms with Crippen molar-refractivity contribution in [2.75, 3.05) is 38.3 Å². The van der Waals surface area contributed by atoms with Crippen LogP contribution in [0.5, 0.6) is 5.75 Å².